The van der Waals surface area contributed by atoms with Crippen molar-refractivity contribution in [2.45, 2.75) is 39.5 Å². The van der Waals surface area contributed by atoms with Gasteiger partial charge in [0, 0.05) is 28.1 Å². The van der Waals surface area contributed by atoms with Gasteiger partial charge < -0.3 is 4.42 Å². The first-order chi connectivity index (χ1) is 19.0. The number of fused-ring (bicyclic) bond motifs is 3. The van der Waals surface area contributed by atoms with Gasteiger partial charge in [-0.3, -0.25) is 4.98 Å². The second-order valence-corrected chi connectivity index (χ2v) is 10.7. The van der Waals surface area contributed by atoms with Crippen molar-refractivity contribution in [1.29, 1.82) is 5.26 Å². The maximum atomic E-state index is 9.69. The highest BCUT2D eigenvalue weighted by Gasteiger charge is 2.20. The number of furan rings is 1. The molecule has 6 rings (SSSR count). The van der Waals surface area contributed by atoms with E-state index >= 15 is 0 Å². The zero-order valence-electron chi connectivity index (χ0n) is 22.7. The first-order valence-electron chi connectivity index (χ1n) is 13.5. The molecule has 3 heteroatoms. The fraction of sp³-hybridized carbons (Fsp3) is 0.167. The molecule has 0 fully saturated rings. The lowest BCUT2D eigenvalue weighted by Crippen LogP contribution is -2.02. The lowest BCUT2D eigenvalue weighted by atomic mass is 9.83. The molecule has 0 saturated carbocycles. The van der Waals surface area contributed by atoms with Crippen molar-refractivity contribution in [1.82, 2.24) is 4.98 Å². The minimum absolute atomic E-state index is 0.276. The molecule has 0 aliphatic rings. The molecule has 2 aromatic heterocycles. The zero-order chi connectivity index (χ0) is 27.1. The second kappa shape index (κ2) is 9.89. The minimum atomic E-state index is 0.276. The largest absolute Gasteiger partial charge is 0.455 e. The van der Waals surface area contributed by atoms with Crippen molar-refractivity contribution in [2.75, 3.05) is 0 Å². The summed E-state index contributed by atoms with van der Waals surface area (Å²) in [5, 5.41) is 11.9. The van der Waals surface area contributed by atoms with Crippen molar-refractivity contribution in [3.8, 4) is 39.6 Å². The fourth-order valence-corrected chi connectivity index (χ4v) is 5.60. The van der Waals surface area contributed by atoms with E-state index in [0.717, 1.165) is 49.9 Å². The topological polar surface area (TPSA) is 49.8 Å². The van der Waals surface area contributed by atoms with Gasteiger partial charge in [-0.1, -0.05) is 88.4 Å². The zero-order valence-corrected chi connectivity index (χ0v) is 22.7. The molecule has 3 nitrogen and oxygen atoms in total. The highest BCUT2D eigenvalue weighted by atomic mass is 16.3. The van der Waals surface area contributed by atoms with E-state index in [9.17, 15) is 5.26 Å². The first-order valence-corrected chi connectivity index (χ1v) is 13.5. The summed E-state index contributed by atoms with van der Waals surface area (Å²) in [7, 11) is 0. The van der Waals surface area contributed by atoms with E-state index in [-0.39, 0.29) is 11.8 Å². The van der Waals surface area contributed by atoms with Crippen LogP contribution < -0.4 is 0 Å². The van der Waals surface area contributed by atoms with Crippen LogP contribution in [0.1, 0.15) is 56.2 Å². The Morgan fingerprint density at radius 2 is 1.28 bits per heavy atom. The van der Waals surface area contributed by atoms with Gasteiger partial charge in [0.05, 0.1) is 17.3 Å². The van der Waals surface area contributed by atoms with Crippen LogP contribution in [0.3, 0.4) is 0 Å². The van der Waals surface area contributed by atoms with Crippen LogP contribution in [-0.2, 0) is 0 Å². The number of nitrogens with zero attached hydrogens (tertiary/aromatic N) is 2. The highest BCUT2D eigenvalue weighted by Crippen LogP contribution is 2.41. The van der Waals surface area contributed by atoms with E-state index in [4.69, 9.17) is 9.40 Å². The van der Waals surface area contributed by atoms with E-state index in [1.54, 1.807) is 0 Å². The lowest BCUT2D eigenvalue weighted by Gasteiger charge is -2.21. The van der Waals surface area contributed by atoms with Gasteiger partial charge in [0.15, 0.2) is 0 Å². The van der Waals surface area contributed by atoms with Gasteiger partial charge in [-0.15, -0.1) is 0 Å². The molecule has 0 radical (unpaired) electrons. The SMILES string of the molecule is CC(C)c1cc(C#N)cc(C(C)C)c1-c1ccnc(-c2cccc3c2oc2c(-c4ccccc4)cccc23)c1. The number of nitriles is 1. The van der Waals surface area contributed by atoms with Crippen LogP contribution in [0, 0.1) is 11.3 Å². The van der Waals surface area contributed by atoms with Gasteiger partial charge in [0.2, 0.25) is 0 Å². The summed E-state index contributed by atoms with van der Waals surface area (Å²) in [5.74, 6) is 0.551. The maximum absolute atomic E-state index is 9.69. The van der Waals surface area contributed by atoms with E-state index in [0.29, 0.717) is 5.56 Å². The molecule has 0 unspecified atom stereocenters. The van der Waals surface area contributed by atoms with Crippen LogP contribution in [-0.4, -0.2) is 4.98 Å². The summed E-state index contributed by atoms with van der Waals surface area (Å²) in [6, 6.07) is 33.7. The molecular formula is C36H30N2O. The molecular weight excluding hydrogens is 476 g/mol. The molecule has 39 heavy (non-hydrogen) atoms. The Kier molecular flexibility index (Phi) is 6.25. The summed E-state index contributed by atoms with van der Waals surface area (Å²) in [6.45, 7) is 8.74. The smallest absolute Gasteiger partial charge is 0.144 e. The molecule has 4 aromatic carbocycles. The third kappa shape index (κ3) is 4.29. The third-order valence-corrected chi connectivity index (χ3v) is 7.51. The van der Waals surface area contributed by atoms with Gasteiger partial charge in [-0.2, -0.15) is 5.26 Å². The minimum Gasteiger partial charge on any atom is -0.455 e. The molecule has 0 aliphatic carbocycles. The van der Waals surface area contributed by atoms with E-state index < -0.39 is 0 Å². The third-order valence-electron chi connectivity index (χ3n) is 7.51. The van der Waals surface area contributed by atoms with Gasteiger partial charge in [0.25, 0.3) is 0 Å². The Bertz CT molecular complexity index is 1840. The van der Waals surface area contributed by atoms with Crippen molar-refractivity contribution >= 4 is 21.9 Å². The second-order valence-electron chi connectivity index (χ2n) is 10.7. The summed E-state index contributed by atoms with van der Waals surface area (Å²) < 4.78 is 6.65. The van der Waals surface area contributed by atoms with Gasteiger partial charge >= 0.3 is 0 Å². The van der Waals surface area contributed by atoms with Crippen molar-refractivity contribution in [3.05, 3.63) is 114 Å². The molecule has 190 valence electrons. The Morgan fingerprint density at radius 1 is 0.667 bits per heavy atom. The number of hydrogen-bond donors (Lipinski definition) is 0. The Balaban J connectivity index is 1.57. The summed E-state index contributed by atoms with van der Waals surface area (Å²) in [6.07, 6.45) is 1.88. The molecule has 0 amide bonds. The molecule has 0 N–H and O–H groups in total. The van der Waals surface area contributed by atoms with Gasteiger partial charge in [-0.05, 0) is 70.0 Å². The predicted octanol–water partition coefficient (Wildman–Crippen LogP) is 10.1. The van der Waals surface area contributed by atoms with Crippen molar-refractivity contribution in [2.24, 2.45) is 0 Å². The molecule has 2 heterocycles. The Hall–Kier alpha value is -4.68. The Morgan fingerprint density at radius 3 is 1.90 bits per heavy atom. The molecule has 0 aliphatic heterocycles. The van der Waals surface area contributed by atoms with Crippen LogP contribution in [0.25, 0.3) is 55.4 Å². The predicted molar refractivity (Wildman–Crippen MR) is 161 cm³/mol. The maximum Gasteiger partial charge on any atom is 0.144 e. The average Bonchev–Trinajstić information content (AvgIpc) is 3.36. The van der Waals surface area contributed by atoms with Gasteiger partial charge in [-0.25, -0.2) is 0 Å². The quantitative estimate of drug-likeness (QED) is 0.234. The standard InChI is InChI=1S/C36H30N2O/c1-22(2)31-18-24(21-37)19-32(23(3)4)34(31)26-16-17-38-33(20-26)30-15-9-14-29-28-13-8-12-27(35(28)39-36(29)30)25-10-6-5-7-11-25/h5-20,22-23H,1-4H3. The number of benzene rings is 4. The highest BCUT2D eigenvalue weighted by molar-refractivity contribution is 6.12. The number of pyridine rings is 1. The van der Waals surface area contributed by atoms with Crippen LogP contribution in [0.4, 0.5) is 0 Å². The number of para-hydroxylation sites is 2. The van der Waals surface area contributed by atoms with Crippen LogP contribution in [0.15, 0.2) is 102 Å². The molecule has 0 spiro atoms. The molecule has 0 saturated heterocycles. The Labute approximate surface area is 229 Å². The summed E-state index contributed by atoms with van der Waals surface area (Å²) in [4.78, 5) is 4.81. The van der Waals surface area contributed by atoms with Crippen LogP contribution in [0.2, 0.25) is 0 Å². The van der Waals surface area contributed by atoms with E-state index in [2.05, 4.69) is 107 Å². The average molecular weight is 507 g/mol. The van der Waals surface area contributed by atoms with E-state index in [1.807, 2.05) is 24.4 Å². The normalized spacial score (nSPS) is 11.5. The lowest BCUT2D eigenvalue weighted by molar-refractivity contribution is 0.671. The summed E-state index contributed by atoms with van der Waals surface area (Å²) >= 11 is 0. The molecule has 0 atom stereocenters. The fourth-order valence-electron chi connectivity index (χ4n) is 5.60. The van der Waals surface area contributed by atoms with Crippen LogP contribution in [0.5, 0.6) is 0 Å². The van der Waals surface area contributed by atoms with Crippen LogP contribution >= 0.6 is 0 Å². The van der Waals surface area contributed by atoms with E-state index in [1.165, 1.54) is 16.7 Å². The number of hydrogen-bond acceptors (Lipinski definition) is 3. The molecule has 0 bridgehead atoms. The first kappa shape index (κ1) is 24.6. The van der Waals surface area contributed by atoms with Crippen molar-refractivity contribution in [3.63, 3.8) is 0 Å². The van der Waals surface area contributed by atoms with Crippen molar-refractivity contribution < 1.29 is 4.42 Å². The summed E-state index contributed by atoms with van der Waals surface area (Å²) in [5.41, 5.74) is 11.2. The van der Waals surface area contributed by atoms with Gasteiger partial charge in [0.1, 0.15) is 11.2 Å². The number of rotatable bonds is 5. The molecule has 6 aromatic rings. The monoisotopic (exact) mass is 506 g/mol. The number of aromatic nitrogens is 1.